The Balaban J connectivity index is 1.77. The first kappa shape index (κ1) is 26.2. The average Bonchev–Trinajstić information content (AvgIpc) is 3.44. The zero-order valence-electron chi connectivity index (χ0n) is 23.1. The third kappa shape index (κ3) is 4.04. The molecule has 0 amide bonds. The van der Waals surface area contributed by atoms with E-state index in [1.165, 1.54) is 6.07 Å². The summed E-state index contributed by atoms with van der Waals surface area (Å²) in [4.78, 5) is 27.9. The summed E-state index contributed by atoms with van der Waals surface area (Å²) in [6.45, 7) is 7.26. The van der Waals surface area contributed by atoms with Crippen LogP contribution >= 0.6 is 0 Å². The normalized spacial score (nSPS) is 15.9. The molecule has 2 heterocycles. The van der Waals surface area contributed by atoms with Gasteiger partial charge in [0.2, 0.25) is 5.72 Å². The molecule has 0 aliphatic carbocycles. The number of carboxylic acid groups (broad SMARTS) is 1. The van der Waals surface area contributed by atoms with Gasteiger partial charge in [-0.05, 0) is 81.4 Å². The van der Waals surface area contributed by atoms with E-state index >= 15 is 0 Å². The van der Waals surface area contributed by atoms with Gasteiger partial charge in [-0.15, -0.1) is 0 Å². The number of hydrogen-bond acceptors (Lipinski definition) is 5. The maximum absolute atomic E-state index is 13.7. The molecule has 1 aliphatic heterocycles. The van der Waals surface area contributed by atoms with Crippen molar-refractivity contribution in [2.75, 3.05) is 11.5 Å². The molecule has 0 spiro atoms. The third-order valence-corrected chi connectivity index (χ3v) is 7.71. The number of benzene rings is 4. The predicted molar refractivity (Wildman–Crippen MR) is 158 cm³/mol. The van der Waals surface area contributed by atoms with Crippen LogP contribution in [0.25, 0.3) is 10.9 Å². The standard InChI is InChI=1S/C34H30N2O5/c1-4-35-22(3)31(28-13-9-10-14-30(28)35)34(29-21-23(32(37)38)15-20-27(29)33(39)41-34)36(24-11-7-6-8-12-24)25-16-18-26(19-17-25)40-5-2/h6-21H,4-5H2,1-3H3,(H,37,38). The van der Waals surface area contributed by atoms with Crippen molar-refractivity contribution in [1.29, 1.82) is 0 Å². The van der Waals surface area contributed by atoms with Gasteiger partial charge in [0.25, 0.3) is 0 Å². The zero-order valence-corrected chi connectivity index (χ0v) is 23.1. The van der Waals surface area contributed by atoms with E-state index in [-0.39, 0.29) is 5.56 Å². The Morgan fingerprint density at radius 3 is 2.29 bits per heavy atom. The van der Waals surface area contributed by atoms with E-state index in [0.29, 0.717) is 30.0 Å². The van der Waals surface area contributed by atoms with Crippen molar-refractivity contribution in [2.45, 2.75) is 33.0 Å². The number of aromatic nitrogens is 1. The molecule has 7 heteroatoms. The van der Waals surface area contributed by atoms with Gasteiger partial charge in [0.1, 0.15) is 5.75 Å². The van der Waals surface area contributed by atoms with E-state index in [2.05, 4.69) is 17.6 Å². The number of ether oxygens (including phenoxy) is 2. The fraction of sp³-hybridized carbons (Fsp3) is 0.176. The fourth-order valence-corrected chi connectivity index (χ4v) is 6.06. The van der Waals surface area contributed by atoms with E-state index < -0.39 is 17.7 Å². The van der Waals surface area contributed by atoms with Gasteiger partial charge in [0.05, 0.1) is 23.3 Å². The van der Waals surface area contributed by atoms with Crippen LogP contribution in [0.4, 0.5) is 11.4 Å². The van der Waals surface area contributed by atoms with Gasteiger partial charge in [-0.3, -0.25) is 4.90 Å². The average molecular weight is 547 g/mol. The first-order valence-corrected chi connectivity index (χ1v) is 13.7. The lowest BCUT2D eigenvalue weighted by Crippen LogP contribution is -2.45. The summed E-state index contributed by atoms with van der Waals surface area (Å²) in [6, 6.07) is 29.9. The van der Waals surface area contributed by atoms with Crippen molar-refractivity contribution < 1.29 is 24.2 Å². The molecule has 7 nitrogen and oxygen atoms in total. The van der Waals surface area contributed by atoms with Crippen LogP contribution in [0, 0.1) is 6.92 Å². The third-order valence-electron chi connectivity index (χ3n) is 7.71. The lowest BCUT2D eigenvalue weighted by molar-refractivity contribution is 0.0136. The SMILES string of the molecule is CCOc1ccc(N(c2ccccc2)C2(c3c(C)n(CC)c4ccccc34)OC(=O)c3ccc(C(=O)O)cc32)cc1. The zero-order chi connectivity index (χ0) is 28.7. The van der Waals surface area contributed by atoms with Gasteiger partial charge < -0.3 is 19.1 Å². The number of rotatable bonds is 8. The molecule has 0 saturated heterocycles. The molecule has 4 aromatic carbocycles. The van der Waals surface area contributed by atoms with Gasteiger partial charge in [-0.1, -0.05) is 36.4 Å². The van der Waals surface area contributed by atoms with Gasteiger partial charge in [-0.2, -0.15) is 0 Å². The van der Waals surface area contributed by atoms with Gasteiger partial charge >= 0.3 is 11.9 Å². The number of cyclic esters (lactones) is 1. The highest BCUT2D eigenvalue weighted by molar-refractivity contribution is 6.01. The highest BCUT2D eigenvalue weighted by Gasteiger charge is 2.55. The van der Waals surface area contributed by atoms with Crippen LogP contribution in [0.3, 0.4) is 0 Å². The molecule has 0 bridgehead atoms. The van der Waals surface area contributed by atoms with Gasteiger partial charge in [0, 0.05) is 40.1 Å². The second-order valence-corrected chi connectivity index (χ2v) is 9.92. The second-order valence-electron chi connectivity index (χ2n) is 9.92. The number of carbonyl (C=O) groups is 2. The van der Waals surface area contributed by atoms with Crippen LogP contribution < -0.4 is 9.64 Å². The van der Waals surface area contributed by atoms with Crippen LogP contribution in [0.2, 0.25) is 0 Å². The largest absolute Gasteiger partial charge is 0.494 e. The summed E-state index contributed by atoms with van der Waals surface area (Å²) in [5.41, 5.74) is 3.57. The Labute approximate surface area is 238 Å². The molecule has 1 aromatic heterocycles. The molecule has 5 aromatic rings. The van der Waals surface area contributed by atoms with Gasteiger partial charge in [0.15, 0.2) is 0 Å². The summed E-state index contributed by atoms with van der Waals surface area (Å²) >= 11 is 0. The molecule has 1 N–H and O–H groups in total. The van der Waals surface area contributed by atoms with E-state index in [0.717, 1.165) is 33.5 Å². The van der Waals surface area contributed by atoms with Crippen LogP contribution in [0.5, 0.6) is 5.75 Å². The van der Waals surface area contributed by atoms with Crippen molar-refractivity contribution in [3.05, 3.63) is 125 Å². The summed E-state index contributed by atoms with van der Waals surface area (Å²) < 4.78 is 14.5. The summed E-state index contributed by atoms with van der Waals surface area (Å²) in [5, 5.41) is 10.9. The Kier molecular flexibility index (Phi) is 6.50. The van der Waals surface area contributed by atoms with Crippen molar-refractivity contribution in [2.24, 2.45) is 0 Å². The number of nitrogens with zero attached hydrogens (tertiary/aromatic N) is 2. The number of carboxylic acids is 1. The molecule has 0 fully saturated rings. The molecule has 1 atom stereocenters. The monoisotopic (exact) mass is 546 g/mol. The summed E-state index contributed by atoms with van der Waals surface area (Å²) in [6.07, 6.45) is 0. The van der Waals surface area contributed by atoms with Crippen LogP contribution in [0.15, 0.2) is 97.1 Å². The van der Waals surface area contributed by atoms with E-state index in [4.69, 9.17) is 9.47 Å². The Morgan fingerprint density at radius 2 is 1.61 bits per heavy atom. The molecular formula is C34H30N2O5. The lowest BCUT2D eigenvalue weighted by atomic mass is 9.87. The second kappa shape index (κ2) is 10.2. The van der Waals surface area contributed by atoms with Crippen molar-refractivity contribution in [1.82, 2.24) is 4.57 Å². The Hall–Kier alpha value is -5.04. The van der Waals surface area contributed by atoms with Crippen LogP contribution in [-0.2, 0) is 17.0 Å². The van der Waals surface area contributed by atoms with E-state index in [9.17, 15) is 14.7 Å². The van der Waals surface area contributed by atoms with E-state index in [1.54, 1.807) is 12.1 Å². The maximum Gasteiger partial charge on any atom is 0.341 e. The Bertz CT molecular complexity index is 1780. The topological polar surface area (TPSA) is 81.0 Å². The molecule has 1 unspecified atom stereocenters. The molecular weight excluding hydrogens is 516 g/mol. The summed E-state index contributed by atoms with van der Waals surface area (Å²) in [5.74, 6) is -0.883. The molecule has 41 heavy (non-hydrogen) atoms. The minimum Gasteiger partial charge on any atom is -0.494 e. The maximum atomic E-state index is 13.7. The minimum atomic E-state index is -1.52. The van der Waals surface area contributed by atoms with Crippen molar-refractivity contribution in [3.8, 4) is 5.75 Å². The fourth-order valence-electron chi connectivity index (χ4n) is 6.06. The molecule has 206 valence electrons. The number of aryl methyl sites for hydroxylation is 1. The highest BCUT2D eigenvalue weighted by atomic mass is 16.6. The number of carbonyl (C=O) groups excluding carboxylic acids is 1. The van der Waals surface area contributed by atoms with Crippen molar-refractivity contribution >= 4 is 34.2 Å². The smallest absolute Gasteiger partial charge is 0.341 e. The summed E-state index contributed by atoms with van der Waals surface area (Å²) in [7, 11) is 0. The quantitative estimate of drug-likeness (QED) is 0.206. The lowest BCUT2D eigenvalue weighted by Gasteiger charge is -2.42. The first-order chi connectivity index (χ1) is 19.9. The number of para-hydroxylation sites is 2. The van der Waals surface area contributed by atoms with E-state index in [1.807, 2.05) is 91.5 Å². The minimum absolute atomic E-state index is 0.0722. The number of esters is 1. The van der Waals surface area contributed by atoms with Gasteiger partial charge in [-0.25, -0.2) is 9.59 Å². The predicted octanol–water partition coefficient (Wildman–Crippen LogP) is 7.28. The number of fused-ring (bicyclic) bond motifs is 2. The highest BCUT2D eigenvalue weighted by Crippen LogP contribution is 2.53. The first-order valence-electron chi connectivity index (χ1n) is 13.7. The number of anilines is 2. The number of aromatic carboxylic acids is 1. The van der Waals surface area contributed by atoms with Crippen LogP contribution in [-0.4, -0.2) is 28.2 Å². The van der Waals surface area contributed by atoms with Crippen molar-refractivity contribution in [3.63, 3.8) is 0 Å². The molecule has 0 radical (unpaired) electrons. The molecule has 6 rings (SSSR count). The molecule has 0 saturated carbocycles. The Morgan fingerprint density at radius 1 is 0.927 bits per heavy atom. The number of hydrogen-bond donors (Lipinski definition) is 1. The van der Waals surface area contributed by atoms with Crippen LogP contribution in [0.1, 0.15) is 51.4 Å². The molecule has 1 aliphatic rings.